The van der Waals surface area contributed by atoms with Crippen LogP contribution in [-0.2, 0) is 28.8 Å². The molecule has 13 nitrogen and oxygen atoms in total. The van der Waals surface area contributed by atoms with Crippen molar-refractivity contribution in [3.63, 3.8) is 0 Å². The molecule has 0 aromatic rings. The summed E-state index contributed by atoms with van der Waals surface area (Å²) in [6.07, 6.45) is -0.866. The van der Waals surface area contributed by atoms with Crippen LogP contribution in [0.4, 0.5) is 0 Å². The third-order valence-corrected chi connectivity index (χ3v) is 3.49. The van der Waals surface area contributed by atoms with Gasteiger partial charge in [-0.3, -0.25) is 24.0 Å². The van der Waals surface area contributed by atoms with Crippen molar-refractivity contribution in [3.05, 3.63) is 0 Å². The molecule has 0 aliphatic rings. The number of hydrogen-bond acceptors (Lipinski definition) is 7. The predicted molar refractivity (Wildman–Crippen MR) is 93.5 cm³/mol. The second-order valence-electron chi connectivity index (χ2n) is 5.95. The summed E-state index contributed by atoms with van der Waals surface area (Å²) in [5.74, 6) is -5.49. The van der Waals surface area contributed by atoms with E-state index in [1.54, 1.807) is 0 Å². The van der Waals surface area contributed by atoms with E-state index in [1.165, 1.54) is 6.92 Å². The number of carboxylic acids is 2. The highest BCUT2D eigenvalue weighted by atomic mass is 16.4. The van der Waals surface area contributed by atoms with Crippen molar-refractivity contribution in [2.24, 2.45) is 11.5 Å². The highest BCUT2D eigenvalue weighted by molar-refractivity contribution is 5.92. The maximum atomic E-state index is 12.0. The summed E-state index contributed by atoms with van der Waals surface area (Å²) in [6.45, 7) is 0.780. The van der Waals surface area contributed by atoms with E-state index in [9.17, 15) is 28.8 Å². The molecule has 0 radical (unpaired) electrons. The van der Waals surface area contributed by atoms with Gasteiger partial charge >= 0.3 is 11.9 Å². The summed E-state index contributed by atoms with van der Waals surface area (Å²) in [6, 6.07) is -3.59. The third-order valence-electron chi connectivity index (χ3n) is 3.49. The van der Waals surface area contributed by atoms with E-state index in [1.807, 2.05) is 0 Å². The lowest BCUT2D eigenvalue weighted by Gasteiger charge is -2.18. The number of amides is 4. The van der Waals surface area contributed by atoms with E-state index in [0.717, 1.165) is 0 Å². The summed E-state index contributed by atoms with van der Waals surface area (Å²) < 4.78 is 0. The van der Waals surface area contributed by atoms with Crippen LogP contribution in [0.2, 0.25) is 0 Å². The van der Waals surface area contributed by atoms with Crippen molar-refractivity contribution in [2.75, 3.05) is 6.54 Å². The molecular formula is C15H25N5O8. The van der Waals surface area contributed by atoms with Gasteiger partial charge in [0.1, 0.15) is 12.1 Å². The van der Waals surface area contributed by atoms with Crippen LogP contribution in [-0.4, -0.2) is 70.5 Å². The van der Waals surface area contributed by atoms with E-state index in [-0.39, 0.29) is 25.7 Å². The normalized spacial score (nSPS) is 13.5. The highest BCUT2D eigenvalue weighted by Crippen LogP contribution is 1.99. The molecule has 0 spiro atoms. The van der Waals surface area contributed by atoms with Crippen LogP contribution in [0, 0.1) is 0 Å². The lowest BCUT2D eigenvalue weighted by molar-refractivity contribution is -0.142. The Morgan fingerprint density at radius 1 is 0.929 bits per heavy atom. The van der Waals surface area contributed by atoms with Crippen molar-refractivity contribution in [1.29, 1.82) is 0 Å². The summed E-state index contributed by atoms with van der Waals surface area (Å²) in [5.41, 5.74) is 10.4. The van der Waals surface area contributed by atoms with Gasteiger partial charge in [-0.2, -0.15) is 0 Å². The quantitative estimate of drug-likeness (QED) is 0.162. The van der Waals surface area contributed by atoms with Crippen LogP contribution in [0.3, 0.4) is 0 Å². The minimum atomic E-state index is -1.37. The van der Waals surface area contributed by atoms with Crippen LogP contribution in [0.1, 0.15) is 32.6 Å². The molecule has 3 atom stereocenters. The van der Waals surface area contributed by atoms with Gasteiger partial charge in [0.2, 0.25) is 23.6 Å². The van der Waals surface area contributed by atoms with Gasteiger partial charge in [0.05, 0.1) is 12.6 Å². The highest BCUT2D eigenvalue weighted by Gasteiger charge is 2.24. The number of carbonyl (C=O) groups is 6. The lowest BCUT2D eigenvalue weighted by Crippen LogP contribution is -2.52. The number of aliphatic carboxylic acids is 2. The van der Waals surface area contributed by atoms with Crippen molar-refractivity contribution in [3.8, 4) is 0 Å². The predicted octanol–water partition coefficient (Wildman–Crippen LogP) is -3.37. The van der Waals surface area contributed by atoms with Crippen LogP contribution in [0.25, 0.3) is 0 Å². The van der Waals surface area contributed by atoms with Crippen molar-refractivity contribution in [2.45, 2.75) is 50.7 Å². The number of carbonyl (C=O) groups excluding carboxylic acids is 4. The Kier molecular flexibility index (Phi) is 10.8. The Morgan fingerprint density at radius 3 is 2.04 bits per heavy atom. The van der Waals surface area contributed by atoms with Crippen LogP contribution in [0.15, 0.2) is 0 Å². The molecule has 28 heavy (non-hydrogen) atoms. The molecule has 0 bridgehead atoms. The molecule has 0 heterocycles. The number of nitrogens with two attached hydrogens (primary N) is 2. The Hall–Kier alpha value is -3.22. The van der Waals surface area contributed by atoms with Crippen molar-refractivity contribution < 1.29 is 39.0 Å². The van der Waals surface area contributed by atoms with Crippen molar-refractivity contribution in [1.82, 2.24) is 16.0 Å². The molecule has 158 valence electrons. The SMILES string of the molecule is CC(NC(=O)CNC(=O)C(N)CCC(=O)O)C(=O)NC(CCC(N)=O)C(=O)O. The molecule has 0 aliphatic carbocycles. The fourth-order valence-electron chi connectivity index (χ4n) is 1.91. The van der Waals surface area contributed by atoms with Crippen LogP contribution in [0.5, 0.6) is 0 Å². The van der Waals surface area contributed by atoms with Gasteiger partial charge in [-0.25, -0.2) is 4.79 Å². The zero-order chi connectivity index (χ0) is 21.9. The fraction of sp³-hybridized carbons (Fsp3) is 0.600. The van der Waals surface area contributed by atoms with Crippen LogP contribution < -0.4 is 27.4 Å². The fourth-order valence-corrected chi connectivity index (χ4v) is 1.91. The molecule has 0 aromatic heterocycles. The number of nitrogens with one attached hydrogen (secondary N) is 3. The van der Waals surface area contributed by atoms with E-state index in [2.05, 4.69) is 16.0 Å². The summed E-state index contributed by atoms with van der Waals surface area (Å²) in [7, 11) is 0. The minimum absolute atomic E-state index is 0.108. The smallest absolute Gasteiger partial charge is 0.326 e. The molecule has 0 aliphatic heterocycles. The molecular weight excluding hydrogens is 378 g/mol. The number of hydrogen-bond donors (Lipinski definition) is 7. The maximum absolute atomic E-state index is 12.0. The second-order valence-corrected chi connectivity index (χ2v) is 5.95. The maximum Gasteiger partial charge on any atom is 0.326 e. The third kappa shape index (κ3) is 10.7. The van der Waals surface area contributed by atoms with Gasteiger partial charge in [0.25, 0.3) is 0 Å². The summed E-state index contributed by atoms with van der Waals surface area (Å²) >= 11 is 0. The van der Waals surface area contributed by atoms with E-state index in [4.69, 9.17) is 21.7 Å². The van der Waals surface area contributed by atoms with Gasteiger partial charge in [0, 0.05) is 12.8 Å². The molecule has 0 rings (SSSR count). The second kappa shape index (κ2) is 12.2. The van der Waals surface area contributed by atoms with Gasteiger partial charge in [-0.15, -0.1) is 0 Å². The first-order valence-electron chi connectivity index (χ1n) is 8.30. The van der Waals surface area contributed by atoms with Gasteiger partial charge in [-0.1, -0.05) is 0 Å². The first-order chi connectivity index (χ1) is 12.9. The summed E-state index contributed by atoms with van der Waals surface area (Å²) in [4.78, 5) is 67.6. The topological polar surface area (TPSA) is 231 Å². The zero-order valence-electron chi connectivity index (χ0n) is 15.3. The standard InChI is InChI=1S/C15H25N5O8/c1-7(13(25)20-9(15(27)28)3-4-10(17)21)19-11(22)6-18-14(26)8(16)2-5-12(23)24/h7-9H,2-6,16H2,1H3,(H2,17,21)(H,18,26)(H,19,22)(H,20,25)(H,23,24)(H,27,28). The molecule has 9 N–H and O–H groups in total. The van der Waals surface area contributed by atoms with Gasteiger partial charge in [-0.05, 0) is 19.8 Å². The van der Waals surface area contributed by atoms with E-state index in [0.29, 0.717) is 0 Å². The molecule has 0 saturated carbocycles. The van der Waals surface area contributed by atoms with Crippen molar-refractivity contribution >= 4 is 35.6 Å². The minimum Gasteiger partial charge on any atom is -0.481 e. The molecule has 0 fully saturated rings. The molecule has 4 amide bonds. The molecule has 13 heteroatoms. The first-order valence-corrected chi connectivity index (χ1v) is 8.30. The Bertz CT molecular complexity index is 624. The monoisotopic (exact) mass is 403 g/mol. The molecule has 0 aromatic carbocycles. The Labute approximate surface area is 160 Å². The number of primary amides is 1. The summed E-state index contributed by atoms with van der Waals surface area (Å²) in [5, 5.41) is 24.2. The lowest BCUT2D eigenvalue weighted by atomic mass is 10.1. The Balaban J connectivity index is 4.42. The van der Waals surface area contributed by atoms with Crippen LogP contribution >= 0.6 is 0 Å². The average Bonchev–Trinajstić information content (AvgIpc) is 2.60. The average molecular weight is 403 g/mol. The number of carboxylic acid groups (broad SMARTS) is 2. The molecule has 3 unspecified atom stereocenters. The van der Waals surface area contributed by atoms with Gasteiger partial charge < -0.3 is 37.6 Å². The zero-order valence-corrected chi connectivity index (χ0v) is 15.3. The van der Waals surface area contributed by atoms with E-state index >= 15 is 0 Å². The number of rotatable bonds is 13. The first kappa shape index (κ1) is 24.8. The molecule has 0 saturated heterocycles. The Morgan fingerprint density at radius 2 is 1.54 bits per heavy atom. The van der Waals surface area contributed by atoms with E-state index < -0.39 is 60.2 Å². The largest absolute Gasteiger partial charge is 0.481 e. The van der Waals surface area contributed by atoms with Gasteiger partial charge in [0.15, 0.2) is 0 Å².